The highest BCUT2D eigenvalue weighted by molar-refractivity contribution is 5.88. The molecular formula is C19H18N4O2. The summed E-state index contributed by atoms with van der Waals surface area (Å²) in [7, 11) is 1.97. The molecule has 0 saturated carbocycles. The molecule has 0 bridgehead atoms. The highest BCUT2D eigenvalue weighted by Crippen LogP contribution is 2.19. The van der Waals surface area contributed by atoms with E-state index in [2.05, 4.69) is 27.4 Å². The topological polar surface area (TPSA) is 78.4 Å². The van der Waals surface area contributed by atoms with Crippen LogP contribution < -0.4 is 10.2 Å². The fraction of sp³-hybridized carbons (Fsp3) is 0.105. The van der Waals surface area contributed by atoms with Gasteiger partial charge in [0.1, 0.15) is 18.0 Å². The number of carboxylic acid groups (broad SMARTS) is 1. The summed E-state index contributed by atoms with van der Waals surface area (Å²) in [5.41, 5.74) is 2.21. The maximum absolute atomic E-state index is 10.9. The summed E-state index contributed by atoms with van der Waals surface area (Å²) in [6.45, 7) is 0.741. The van der Waals surface area contributed by atoms with E-state index in [1.807, 2.05) is 36.2 Å². The Balaban J connectivity index is 1.71. The largest absolute Gasteiger partial charge is 0.478 e. The fourth-order valence-electron chi connectivity index (χ4n) is 2.41. The van der Waals surface area contributed by atoms with E-state index < -0.39 is 5.97 Å². The first-order valence-corrected chi connectivity index (χ1v) is 7.79. The molecule has 3 aromatic rings. The number of carboxylic acids is 1. The number of carbonyl (C=O) groups is 1. The number of anilines is 3. The van der Waals surface area contributed by atoms with Crippen LogP contribution in [-0.2, 0) is 6.54 Å². The number of nitrogens with one attached hydrogen (secondary N) is 1. The summed E-state index contributed by atoms with van der Waals surface area (Å²) < 4.78 is 0. The normalized spacial score (nSPS) is 10.3. The average Bonchev–Trinajstić information content (AvgIpc) is 2.63. The van der Waals surface area contributed by atoms with Crippen molar-refractivity contribution in [1.29, 1.82) is 0 Å². The molecule has 0 amide bonds. The second-order valence-corrected chi connectivity index (χ2v) is 5.61. The van der Waals surface area contributed by atoms with Crippen molar-refractivity contribution in [3.05, 3.63) is 78.1 Å². The Bertz CT molecular complexity index is 851. The first-order chi connectivity index (χ1) is 12.1. The van der Waals surface area contributed by atoms with Crippen molar-refractivity contribution in [2.75, 3.05) is 17.3 Å². The van der Waals surface area contributed by atoms with Gasteiger partial charge in [-0.1, -0.05) is 30.3 Å². The second-order valence-electron chi connectivity index (χ2n) is 5.61. The fourth-order valence-corrected chi connectivity index (χ4v) is 2.41. The van der Waals surface area contributed by atoms with Crippen LogP contribution in [0.15, 0.2) is 67.0 Å². The van der Waals surface area contributed by atoms with Gasteiger partial charge in [0.15, 0.2) is 0 Å². The van der Waals surface area contributed by atoms with Gasteiger partial charge < -0.3 is 15.3 Å². The van der Waals surface area contributed by atoms with Crippen LogP contribution in [-0.4, -0.2) is 28.1 Å². The lowest BCUT2D eigenvalue weighted by Crippen LogP contribution is -2.17. The van der Waals surface area contributed by atoms with Gasteiger partial charge in [-0.3, -0.25) is 0 Å². The third-order valence-corrected chi connectivity index (χ3v) is 3.71. The van der Waals surface area contributed by atoms with Crippen molar-refractivity contribution in [1.82, 2.24) is 9.97 Å². The van der Waals surface area contributed by atoms with Crippen LogP contribution >= 0.6 is 0 Å². The van der Waals surface area contributed by atoms with Crippen LogP contribution in [0.3, 0.4) is 0 Å². The summed E-state index contributed by atoms with van der Waals surface area (Å²) in [6, 6.07) is 18.5. The monoisotopic (exact) mass is 334 g/mol. The molecule has 0 unspecified atom stereocenters. The molecule has 0 aliphatic carbocycles. The summed E-state index contributed by atoms with van der Waals surface area (Å²) >= 11 is 0. The minimum Gasteiger partial charge on any atom is -0.478 e. The predicted octanol–water partition coefficient (Wildman–Crippen LogP) is 3.55. The Labute approximate surface area is 145 Å². The minimum atomic E-state index is -0.946. The molecular weight excluding hydrogens is 316 g/mol. The number of nitrogens with zero attached hydrogens (tertiary/aromatic N) is 3. The molecule has 25 heavy (non-hydrogen) atoms. The highest BCUT2D eigenvalue weighted by Gasteiger charge is 2.06. The summed E-state index contributed by atoms with van der Waals surface area (Å²) in [5.74, 6) is 0.495. The number of aromatic nitrogens is 2. The van der Waals surface area contributed by atoms with Crippen molar-refractivity contribution in [2.24, 2.45) is 0 Å². The van der Waals surface area contributed by atoms with Crippen molar-refractivity contribution in [3.8, 4) is 0 Å². The lowest BCUT2D eigenvalue weighted by atomic mass is 10.2. The van der Waals surface area contributed by atoms with Gasteiger partial charge in [0.2, 0.25) is 0 Å². The molecule has 2 aromatic carbocycles. The zero-order valence-corrected chi connectivity index (χ0v) is 13.8. The van der Waals surface area contributed by atoms with E-state index in [4.69, 9.17) is 5.11 Å². The second kappa shape index (κ2) is 7.44. The number of benzene rings is 2. The van der Waals surface area contributed by atoms with Gasteiger partial charge in [-0.25, -0.2) is 14.8 Å². The molecule has 0 saturated heterocycles. The van der Waals surface area contributed by atoms with E-state index in [1.165, 1.54) is 11.9 Å². The quantitative estimate of drug-likeness (QED) is 0.718. The Morgan fingerprint density at radius 1 is 1.08 bits per heavy atom. The van der Waals surface area contributed by atoms with Gasteiger partial charge in [0.05, 0.1) is 5.56 Å². The number of hydrogen-bond donors (Lipinski definition) is 2. The van der Waals surface area contributed by atoms with Crippen LogP contribution in [0, 0.1) is 0 Å². The first kappa shape index (κ1) is 16.4. The van der Waals surface area contributed by atoms with E-state index in [-0.39, 0.29) is 5.56 Å². The molecule has 0 aliphatic heterocycles. The molecule has 1 aromatic heterocycles. The number of rotatable bonds is 6. The summed E-state index contributed by atoms with van der Waals surface area (Å²) in [4.78, 5) is 21.5. The zero-order valence-electron chi connectivity index (χ0n) is 13.8. The lowest BCUT2D eigenvalue weighted by Gasteiger charge is -2.18. The lowest BCUT2D eigenvalue weighted by molar-refractivity contribution is 0.0697. The smallest absolute Gasteiger partial charge is 0.335 e. The van der Waals surface area contributed by atoms with Crippen LogP contribution in [0.5, 0.6) is 0 Å². The first-order valence-electron chi connectivity index (χ1n) is 7.79. The van der Waals surface area contributed by atoms with Crippen LogP contribution in [0.25, 0.3) is 0 Å². The highest BCUT2D eigenvalue weighted by atomic mass is 16.4. The molecule has 126 valence electrons. The number of hydrogen-bond acceptors (Lipinski definition) is 5. The van der Waals surface area contributed by atoms with Crippen molar-refractivity contribution in [3.63, 3.8) is 0 Å². The summed E-state index contributed by atoms with van der Waals surface area (Å²) in [6.07, 6.45) is 1.50. The molecule has 6 nitrogen and oxygen atoms in total. The number of aromatic carboxylic acids is 1. The van der Waals surface area contributed by atoms with Crippen molar-refractivity contribution < 1.29 is 9.90 Å². The van der Waals surface area contributed by atoms with E-state index in [0.29, 0.717) is 5.82 Å². The Hall–Kier alpha value is -3.41. The predicted molar refractivity (Wildman–Crippen MR) is 97.3 cm³/mol. The van der Waals surface area contributed by atoms with Gasteiger partial charge in [0.25, 0.3) is 0 Å². The van der Waals surface area contributed by atoms with E-state index in [0.717, 1.165) is 18.1 Å². The maximum atomic E-state index is 10.9. The molecule has 6 heteroatoms. The van der Waals surface area contributed by atoms with E-state index in [9.17, 15) is 4.79 Å². The average molecular weight is 334 g/mol. The SMILES string of the molecule is CN(Cc1ccccc1)c1cc(Nc2ccc(C(=O)O)cc2)ncn1. The molecule has 0 aliphatic rings. The molecule has 0 atom stereocenters. The van der Waals surface area contributed by atoms with Crippen molar-refractivity contribution in [2.45, 2.75) is 6.54 Å². The maximum Gasteiger partial charge on any atom is 0.335 e. The molecule has 3 rings (SSSR count). The zero-order chi connectivity index (χ0) is 17.6. The van der Waals surface area contributed by atoms with E-state index in [1.54, 1.807) is 24.3 Å². The molecule has 2 N–H and O–H groups in total. The minimum absolute atomic E-state index is 0.247. The third kappa shape index (κ3) is 4.32. The van der Waals surface area contributed by atoms with Gasteiger partial charge in [-0.05, 0) is 29.8 Å². The van der Waals surface area contributed by atoms with Gasteiger partial charge in [0, 0.05) is 25.3 Å². The molecule has 0 fully saturated rings. The van der Waals surface area contributed by atoms with Crippen LogP contribution in [0.2, 0.25) is 0 Å². The Morgan fingerprint density at radius 2 is 1.80 bits per heavy atom. The van der Waals surface area contributed by atoms with Gasteiger partial charge >= 0.3 is 5.97 Å². The molecule has 0 spiro atoms. The Kier molecular flexibility index (Phi) is 4.89. The third-order valence-electron chi connectivity index (χ3n) is 3.71. The summed E-state index contributed by atoms with van der Waals surface area (Å²) in [5, 5.41) is 12.1. The molecule has 1 heterocycles. The van der Waals surface area contributed by atoms with Crippen LogP contribution in [0.1, 0.15) is 15.9 Å². The van der Waals surface area contributed by atoms with Gasteiger partial charge in [-0.2, -0.15) is 0 Å². The van der Waals surface area contributed by atoms with Crippen molar-refractivity contribution >= 4 is 23.3 Å². The van der Waals surface area contributed by atoms with E-state index >= 15 is 0 Å². The molecule has 0 radical (unpaired) electrons. The standard InChI is InChI=1S/C19H18N4O2/c1-23(12-14-5-3-2-4-6-14)18-11-17(20-13-21-18)22-16-9-7-15(8-10-16)19(24)25/h2-11,13H,12H2,1H3,(H,24,25)(H,20,21,22). The van der Waals surface area contributed by atoms with Gasteiger partial charge in [-0.15, -0.1) is 0 Å². The Morgan fingerprint density at radius 3 is 2.48 bits per heavy atom. The van der Waals surface area contributed by atoms with Crippen LogP contribution in [0.4, 0.5) is 17.3 Å².